The summed E-state index contributed by atoms with van der Waals surface area (Å²) in [6, 6.07) is 6.22. The molecule has 0 saturated carbocycles. The molecule has 1 aliphatic heterocycles. The van der Waals surface area contributed by atoms with Gasteiger partial charge < -0.3 is 10.1 Å². The van der Waals surface area contributed by atoms with Crippen molar-refractivity contribution >= 4 is 44.7 Å². The summed E-state index contributed by atoms with van der Waals surface area (Å²) in [5.74, 6) is 0.0903. The lowest BCUT2D eigenvalue weighted by molar-refractivity contribution is -0.113. The molecule has 140 valence electrons. The topological polar surface area (TPSA) is 88.6 Å². The number of rotatable bonds is 6. The van der Waals surface area contributed by atoms with Crippen LogP contribution < -0.4 is 5.32 Å². The van der Waals surface area contributed by atoms with E-state index in [4.69, 9.17) is 4.74 Å². The third-order valence-corrected chi connectivity index (χ3v) is 7.72. The molecule has 1 aromatic heterocycles. The second kappa shape index (κ2) is 8.49. The quantitative estimate of drug-likeness (QED) is 0.731. The number of carbonyl (C=O) groups excluding carboxylic acids is 1. The molecule has 26 heavy (non-hydrogen) atoms. The SMILES string of the molecule is Cc1csc(SCC(=O)Nc2ccc(S(=O)(=O)N3CCOCC3)cc2)n1. The Kier molecular flexibility index (Phi) is 6.30. The van der Waals surface area contributed by atoms with Gasteiger partial charge in [-0.05, 0) is 31.2 Å². The van der Waals surface area contributed by atoms with Crippen LogP contribution in [0.2, 0.25) is 0 Å². The zero-order valence-electron chi connectivity index (χ0n) is 14.2. The Hall–Kier alpha value is -1.46. The minimum Gasteiger partial charge on any atom is -0.379 e. The maximum atomic E-state index is 12.6. The molecule has 10 heteroatoms. The molecular weight excluding hydrogens is 394 g/mol. The first-order valence-corrected chi connectivity index (χ1v) is 11.3. The second-order valence-corrected chi connectivity index (χ2v) is 9.65. The molecule has 1 N–H and O–H groups in total. The summed E-state index contributed by atoms with van der Waals surface area (Å²) >= 11 is 2.88. The van der Waals surface area contributed by atoms with E-state index in [2.05, 4.69) is 10.3 Å². The molecule has 0 aliphatic carbocycles. The van der Waals surface area contributed by atoms with Crippen molar-refractivity contribution in [2.75, 3.05) is 37.4 Å². The number of nitrogens with zero attached hydrogens (tertiary/aromatic N) is 2. The van der Waals surface area contributed by atoms with E-state index >= 15 is 0 Å². The molecule has 3 rings (SSSR count). The summed E-state index contributed by atoms with van der Waals surface area (Å²) in [5.41, 5.74) is 1.50. The first-order valence-electron chi connectivity index (χ1n) is 7.98. The zero-order valence-corrected chi connectivity index (χ0v) is 16.6. The Morgan fingerprint density at radius 3 is 2.62 bits per heavy atom. The van der Waals surface area contributed by atoms with Crippen LogP contribution in [0.15, 0.2) is 38.9 Å². The van der Waals surface area contributed by atoms with Crippen molar-refractivity contribution in [1.29, 1.82) is 0 Å². The van der Waals surface area contributed by atoms with Gasteiger partial charge in [0.05, 0.1) is 23.9 Å². The van der Waals surface area contributed by atoms with Crippen molar-refractivity contribution in [3.8, 4) is 0 Å². The van der Waals surface area contributed by atoms with Gasteiger partial charge in [-0.2, -0.15) is 4.31 Å². The third kappa shape index (κ3) is 4.83. The second-order valence-electron chi connectivity index (χ2n) is 5.63. The Morgan fingerprint density at radius 1 is 1.31 bits per heavy atom. The van der Waals surface area contributed by atoms with Crippen molar-refractivity contribution in [3.05, 3.63) is 35.3 Å². The van der Waals surface area contributed by atoms with Crippen molar-refractivity contribution in [3.63, 3.8) is 0 Å². The summed E-state index contributed by atoms with van der Waals surface area (Å²) in [7, 11) is -3.52. The number of ether oxygens (including phenoxy) is 1. The zero-order chi connectivity index (χ0) is 18.6. The predicted octanol–water partition coefficient (Wildman–Crippen LogP) is 2.20. The number of hydrogen-bond acceptors (Lipinski definition) is 7. The van der Waals surface area contributed by atoms with Crippen molar-refractivity contribution in [2.45, 2.75) is 16.2 Å². The normalized spacial score (nSPS) is 15.7. The molecule has 1 amide bonds. The van der Waals surface area contributed by atoms with E-state index in [-0.39, 0.29) is 16.6 Å². The number of benzene rings is 1. The van der Waals surface area contributed by atoms with Crippen molar-refractivity contribution < 1.29 is 17.9 Å². The molecule has 1 aliphatic rings. The van der Waals surface area contributed by atoms with E-state index in [1.54, 1.807) is 12.1 Å². The van der Waals surface area contributed by atoms with E-state index in [9.17, 15) is 13.2 Å². The number of morpholine rings is 1. The molecule has 7 nitrogen and oxygen atoms in total. The molecule has 0 radical (unpaired) electrons. The van der Waals surface area contributed by atoms with E-state index in [1.807, 2.05) is 12.3 Å². The average molecular weight is 414 g/mol. The lowest BCUT2D eigenvalue weighted by Gasteiger charge is -2.26. The number of thioether (sulfide) groups is 1. The number of hydrogen-bond donors (Lipinski definition) is 1. The highest BCUT2D eigenvalue weighted by Crippen LogP contribution is 2.23. The number of aryl methyl sites for hydroxylation is 1. The first kappa shape index (κ1) is 19.3. The van der Waals surface area contributed by atoms with Crippen LogP contribution in [0.4, 0.5) is 5.69 Å². The van der Waals surface area contributed by atoms with Gasteiger partial charge >= 0.3 is 0 Å². The lowest BCUT2D eigenvalue weighted by Crippen LogP contribution is -2.40. The van der Waals surface area contributed by atoms with Gasteiger partial charge in [-0.1, -0.05) is 11.8 Å². The fourth-order valence-electron chi connectivity index (χ4n) is 2.37. The van der Waals surface area contributed by atoms with Gasteiger partial charge in [-0.3, -0.25) is 4.79 Å². The van der Waals surface area contributed by atoms with Gasteiger partial charge in [0.1, 0.15) is 0 Å². The smallest absolute Gasteiger partial charge is 0.243 e. The first-order chi connectivity index (χ1) is 12.4. The van der Waals surface area contributed by atoms with E-state index < -0.39 is 10.0 Å². The molecule has 0 atom stereocenters. The van der Waals surface area contributed by atoms with Crippen LogP contribution in [-0.2, 0) is 19.6 Å². The lowest BCUT2D eigenvalue weighted by atomic mass is 10.3. The number of nitrogens with one attached hydrogen (secondary N) is 1. The van der Waals surface area contributed by atoms with Gasteiger partial charge in [-0.25, -0.2) is 13.4 Å². The van der Waals surface area contributed by atoms with Gasteiger partial charge in [0.2, 0.25) is 15.9 Å². The van der Waals surface area contributed by atoms with Crippen LogP contribution >= 0.6 is 23.1 Å². The number of carbonyl (C=O) groups is 1. The highest BCUT2D eigenvalue weighted by molar-refractivity contribution is 8.01. The molecule has 2 aromatic rings. The maximum absolute atomic E-state index is 12.6. The number of aromatic nitrogens is 1. The predicted molar refractivity (Wildman–Crippen MR) is 102 cm³/mol. The molecule has 1 fully saturated rings. The number of sulfonamides is 1. The molecule has 0 spiro atoms. The summed E-state index contributed by atoms with van der Waals surface area (Å²) in [5, 5.41) is 4.70. The van der Waals surface area contributed by atoms with Crippen LogP contribution in [0.25, 0.3) is 0 Å². The number of anilines is 1. The van der Waals surface area contributed by atoms with Gasteiger partial charge in [-0.15, -0.1) is 11.3 Å². The minimum atomic E-state index is -3.52. The van der Waals surface area contributed by atoms with Crippen LogP contribution in [0, 0.1) is 6.92 Å². The Balaban J connectivity index is 1.57. The summed E-state index contributed by atoms with van der Waals surface area (Å²) < 4.78 is 32.6. The van der Waals surface area contributed by atoms with Crippen LogP contribution in [0.5, 0.6) is 0 Å². The van der Waals surface area contributed by atoms with Crippen LogP contribution in [-0.4, -0.2) is 55.7 Å². The molecule has 1 saturated heterocycles. The summed E-state index contributed by atoms with van der Waals surface area (Å²) in [6.45, 7) is 3.43. The minimum absolute atomic E-state index is 0.161. The standard InChI is InChI=1S/C16H19N3O4S3/c1-12-10-24-16(17-12)25-11-15(20)18-13-2-4-14(5-3-13)26(21,22)19-6-8-23-9-7-19/h2-5,10H,6-9,11H2,1H3,(H,18,20). The summed E-state index contributed by atoms with van der Waals surface area (Å²) in [6.07, 6.45) is 0. The highest BCUT2D eigenvalue weighted by Gasteiger charge is 2.26. The third-order valence-electron chi connectivity index (χ3n) is 3.67. The number of thiazole rings is 1. The number of amides is 1. The molecule has 0 unspecified atom stereocenters. The Morgan fingerprint density at radius 2 is 2.00 bits per heavy atom. The fraction of sp³-hybridized carbons (Fsp3) is 0.375. The average Bonchev–Trinajstić information content (AvgIpc) is 3.06. The van der Waals surface area contributed by atoms with E-state index in [0.717, 1.165) is 10.0 Å². The van der Waals surface area contributed by atoms with Crippen LogP contribution in [0.1, 0.15) is 5.69 Å². The van der Waals surface area contributed by atoms with Crippen molar-refractivity contribution in [2.24, 2.45) is 0 Å². The van der Waals surface area contributed by atoms with E-state index in [0.29, 0.717) is 32.0 Å². The Labute approximate surface area is 160 Å². The monoisotopic (exact) mass is 413 g/mol. The molecule has 1 aromatic carbocycles. The largest absolute Gasteiger partial charge is 0.379 e. The molecule has 0 bridgehead atoms. The van der Waals surface area contributed by atoms with Crippen molar-refractivity contribution in [1.82, 2.24) is 9.29 Å². The van der Waals surface area contributed by atoms with Gasteiger partial charge in [0, 0.05) is 29.9 Å². The van der Waals surface area contributed by atoms with Crippen LogP contribution in [0.3, 0.4) is 0 Å². The van der Waals surface area contributed by atoms with Gasteiger partial charge in [0.25, 0.3) is 0 Å². The maximum Gasteiger partial charge on any atom is 0.243 e. The molecular formula is C16H19N3O4S3. The fourth-order valence-corrected chi connectivity index (χ4v) is 5.43. The van der Waals surface area contributed by atoms with E-state index in [1.165, 1.54) is 39.5 Å². The van der Waals surface area contributed by atoms with Gasteiger partial charge in [0.15, 0.2) is 4.34 Å². The Bertz CT molecular complexity index is 859. The highest BCUT2D eigenvalue weighted by atomic mass is 32.2. The molecule has 2 heterocycles. The summed E-state index contributed by atoms with van der Waals surface area (Å²) in [4.78, 5) is 16.5.